The summed E-state index contributed by atoms with van der Waals surface area (Å²) >= 11 is 0. The van der Waals surface area contributed by atoms with Crippen LogP contribution in [0.3, 0.4) is 0 Å². The van der Waals surface area contributed by atoms with Crippen molar-refractivity contribution in [3.63, 3.8) is 0 Å². The molecule has 20 heavy (non-hydrogen) atoms. The van der Waals surface area contributed by atoms with E-state index in [1.807, 2.05) is 6.08 Å². The smallest absolute Gasteiger partial charge is 0.0114 e. The largest absolute Gasteiger partial charge is 0.0995 e. The van der Waals surface area contributed by atoms with E-state index < -0.39 is 0 Å². The summed E-state index contributed by atoms with van der Waals surface area (Å²) in [6.45, 7) is 18.0. The van der Waals surface area contributed by atoms with Crippen LogP contribution in [0, 0.1) is 22.7 Å². The predicted molar refractivity (Wildman–Crippen MR) is 89.7 cm³/mol. The SMILES string of the molecule is C=C/C(C)=C/C[C@H]1C(=C)CC[C@H]2C(C)(C)CCCC12C. The zero-order chi connectivity index (χ0) is 15.0. The third kappa shape index (κ3) is 2.67. The van der Waals surface area contributed by atoms with Crippen molar-refractivity contribution in [3.05, 3.63) is 36.5 Å². The highest BCUT2D eigenvalue weighted by atomic mass is 14.6. The van der Waals surface area contributed by atoms with Crippen molar-refractivity contribution in [2.45, 2.75) is 66.2 Å². The number of hydrogen-bond donors (Lipinski definition) is 0. The normalized spacial score (nSPS) is 37.4. The Morgan fingerprint density at radius 3 is 2.65 bits per heavy atom. The molecule has 0 aliphatic heterocycles. The zero-order valence-electron chi connectivity index (χ0n) is 14.0. The fraction of sp³-hybridized carbons (Fsp3) is 0.700. The Hall–Kier alpha value is -0.780. The molecular weight excluding hydrogens is 240 g/mol. The molecule has 2 fully saturated rings. The highest BCUT2D eigenvalue weighted by molar-refractivity contribution is 5.20. The molecule has 112 valence electrons. The first-order valence-corrected chi connectivity index (χ1v) is 8.28. The molecule has 0 spiro atoms. The van der Waals surface area contributed by atoms with Gasteiger partial charge in [0.05, 0.1) is 0 Å². The lowest BCUT2D eigenvalue weighted by molar-refractivity contribution is -0.0510. The summed E-state index contributed by atoms with van der Waals surface area (Å²) in [7, 11) is 0. The van der Waals surface area contributed by atoms with Gasteiger partial charge >= 0.3 is 0 Å². The van der Waals surface area contributed by atoms with Crippen LogP contribution in [0.15, 0.2) is 36.5 Å². The van der Waals surface area contributed by atoms with Gasteiger partial charge in [-0.1, -0.05) is 63.6 Å². The van der Waals surface area contributed by atoms with Gasteiger partial charge in [-0.25, -0.2) is 0 Å². The number of fused-ring (bicyclic) bond motifs is 1. The Morgan fingerprint density at radius 1 is 1.30 bits per heavy atom. The van der Waals surface area contributed by atoms with Gasteiger partial charge in [-0.3, -0.25) is 0 Å². The van der Waals surface area contributed by atoms with Crippen LogP contribution in [-0.4, -0.2) is 0 Å². The van der Waals surface area contributed by atoms with Crippen LogP contribution < -0.4 is 0 Å². The minimum absolute atomic E-state index is 0.453. The first-order chi connectivity index (χ1) is 9.31. The Labute approximate surface area is 126 Å². The van der Waals surface area contributed by atoms with E-state index in [2.05, 4.69) is 46.9 Å². The quantitative estimate of drug-likeness (QED) is 0.417. The molecule has 0 nitrogen and oxygen atoms in total. The number of hydrogen-bond acceptors (Lipinski definition) is 0. The van der Waals surface area contributed by atoms with Crippen LogP contribution in [0.25, 0.3) is 0 Å². The van der Waals surface area contributed by atoms with E-state index in [0.29, 0.717) is 16.7 Å². The molecule has 0 amide bonds. The molecular formula is C20H32. The number of allylic oxidation sites excluding steroid dienone is 4. The van der Waals surface area contributed by atoms with E-state index in [9.17, 15) is 0 Å². The molecule has 0 bridgehead atoms. The summed E-state index contributed by atoms with van der Waals surface area (Å²) in [5.41, 5.74) is 3.76. The highest BCUT2D eigenvalue weighted by Gasteiger charge is 2.52. The molecule has 1 unspecified atom stereocenters. The molecule has 0 heteroatoms. The molecule has 3 atom stereocenters. The van der Waals surface area contributed by atoms with E-state index in [1.165, 1.54) is 43.3 Å². The summed E-state index contributed by atoms with van der Waals surface area (Å²) in [6, 6.07) is 0. The average Bonchev–Trinajstić information content (AvgIpc) is 2.36. The molecule has 0 aromatic heterocycles. The molecule has 0 aromatic carbocycles. The Kier molecular flexibility index (Phi) is 4.33. The van der Waals surface area contributed by atoms with Crippen molar-refractivity contribution in [1.29, 1.82) is 0 Å². The maximum Gasteiger partial charge on any atom is -0.0114 e. The van der Waals surface area contributed by atoms with Gasteiger partial charge in [-0.15, -0.1) is 0 Å². The third-order valence-electron chi connectivity index (χ3n) is 6.32. The standard InChI is InChI=1S/C20H32/c1-7-15(2)9-11-17-16(3)10-12-18-19(4,5)13-8-14-20(17,18)6/h7,9,17-18H,1,3,8,10-14H2,2,4-6H3/b15-9+/t17-,18-,20?/m0/s1. The monoisotopic (exact) mass is 272 g/mol. The van der Waals surface area contributed by atoms with Crippen molar-refractivity contribution in [3.8, 4) is 0 Å². The van der Waals surface area contributed by atoms with Gasteiger partial charge in [0.25, 0.3) is 0 Å². The van der Waals surface area contributed by atoms with Gasteiger partial charge in [0.1, 0.15) is 0 Å². The fourth-order valence-electron chi connectivity index (χ4n) is 5.10. The topological polar surface area (TPSA) is 0 Å². The average molecular weight is 272 g/mol. The van der Waals surface area contributed by atoms with Gasteiger partial charge in [-0.05, 0) is 61.7 Å². The molecule has 0 aromatic rings. The molecule has 2 aliphatic carbocycles. The second kappa shape index (κ2) is 5.54. The van der Waals surface area contributed by atoms with E-state index in [0.717, 1.165) is 12.3 Å². The van der Waals surface area contributed by atoms with Gasteiger partial charge in [0.2, 0.25) is 0 Å². The summed E-state index contributed by atoms with van der Waals surface area (Å²) in [5.74, 6) is 1.52. The molecule has 0 N–H and O–H groups in total. The number of rotatable bonds is 3. The second-order valence-electron chi connectivity index (χ2n) is 8.04. The van der Waals surface area contributed by atoms with Crippen LogP contribution in [0.1, 0.15) is 66.2 Å². The maximum atomic E-state index is 4.43. The van der Waals surface area contributed by atoms with Crippen LogP contribution >= 0.6 is 0 Å². The van der Waals surface area contributed by atoms with E-state index in [-0.39, 0.29) is 0 Å². The summed E-state index contributed by atoms with van der Waals surface area (Å²) in [5, 5.41) is 0. The van der Waals surface area contributed by atoms with Gasteiger partial charge in [0.15, 0.2) is 0 Å². The Balaban J connectivity index is 2.28. The zero-order valence-corrected chi connectivity index (χ0v) is 14.0. The summed E-state index contributed by atoms with van der Waals surface area (Å²) < 4.78 is 0. The first kappa shape index (κ1) is 15.6. The van der Waals surface area contributed by atoms with E-state index in [4.69, 9.17) is 0 Å². The van der Waals surface area contributed by atoms with Crippen molar-refractivity contribution in [2.24, 2.45) is 22.7 Å². The summed E-state index contributed by atoms with van der Waals surface area (Å²) in [4.78, 5) is 0. The van der Waals surface area contributed by atoms with Crippen LogP contribution in [0.5, 0.6) is 0 Å². The lowest BCUT2D eigenvalue weighted by Gasteiger charge is -2.58. The molecule has 2 aliphatic rings. The molecule has 0 saturated heterocycles. The summed E-state index contributed by atoms with van der Waals surface area (Å²) in [6.07, 6.45) is 12.2. The van der Waals surface area contributed by atoms with Crippen molar-refractivity contribution >= 4 is 0 Å². The molecule has 2 rings (SSSR count). The molecule has 0 radical (unpaired) electrons. The van der Waals surface area contributed by atoms with Crippen molar-refractivity contribution in [1.82, 2.24) is 0 Å². The van der Waals surface area contributed by atoms with E-state index in [1.54, 1.807) is 0 Å². The van der Waals surface area contributed by atoms with Gasteiger partial charge in [0, 0.05) is 0 Å². The van der Waals surface area contributed by atoms with Gasteiger partial charge < -0.3 is 0 Å². The van der Waals surface area contributed by atoms with Crippen LogP contribution in [0.2, 0.25) is 0 Å². The van der Waals surface area contributed by atoms with Crippen molar-refractivity contribution in [2.75, 3.05) is 0 Å². The van der Waals surface area contributed by atoms with Crippen LogP contribution in [0.4, 0.5) is 0 Å². The van der Waals surface area contributed by atoms with Crippen LogP contribution in [-0.2, 0) is 0 Å². The van der Waals surface area contributed by atoms with Gasteiger partial charge in [-0.2, -0.15) is 0 Å². The Morgan fingerprint density at radius 2 is 2.00 bits per heavy atom. The molecule has 0 heterocycles. The fourth-order valence-corrected chi connectivity index (χ4v) is 5.10. The lowest BCUT2D eigenvalue weighted by atomic mass is 9.47. The maximum absolute atomic E-state index is 4.43. The lowest BCUT2D eigenvalue weighted by Crippen LogP contribution is -2.49. The third-order valence-corrected chi connectivity index (χ3v) is 6.32. The first-order valence-electron chi connectivity index (χ1n) is 8.28. The van der Waals surface area contributed by atoms with E-state index >= 15 is 0 Å². The predicted octanol–water partition coefficient (Wildman–Crippen LogP) is 6.31. The minimum atomic E-state index is 0.453. The Bertz CT molecular complexity index is 423. The second-order valence-corrected chi connectivity index (χ2v) is 8.04. The van der Waals surface area contributed by atoms with Crippen molar-refractivity contribution < 1.29 is 0 Å². The molecule has 2 saturated carbocycles. The minimum Gasteiger partial charge on any atom is -0.0995 e. The highest BCUT2D eigenvalue weighted by Crippen LogP contribution is 2.61.